The van der Waals surface area contributed by atoms with Crippen LogP contribution in [-0.4, -0.2) is 42.3 Å². The molecule has 1 aromatic carbocycles. The standard InChI is InChI=1S/C18H30N2O/c1-15(2)19-18(14-21,16-9-5-4-6-10-16)13-20(3)17-11-7-8-12-17/h4-6,9-10,15,17,19,21H,7-8,11-14H2,1-3H3. The molecule has 2 N–H and O–H groups in total. The molecule has 118 valence electrons. The van der Waals surface area contributed by atoms with Crippen LogP contribution in [0.1, 0.15) is 45.1 Å². The van der Waals surface area contributed by atoms with Crippen LogP contribution in [0.2, 0.25) is 0 Å². The Morgan fingerprint density at radius 1 is 1.24 bits per heavy atom. The van der Waals surface area contributed by atoms with Crippen molar-refractivity contribution in [2.75, 3.05) is 20.2 Å². The Hall–Kier alpha value is -0.900. The van der Waals surface area contributed by atoms with Gasteiger partial charge in [0.15, 0.2) is 0 Å². The first-order valence-electron chi connectivity index (χ1n) is 8.22. The number of nitrogens with one attached hydrogen (secondary N) is 1. The fourth-order valence-electron chi connectivity index (χ4n) is 3.62. The van der Waals surface area contributed by atoms with E-state index in [1.54, 1.807) is 0 Å². The minimum Gasteiger partial charge on any atom is -0.394 e. The number of nitrogens with zero attached hydrogens (tertiary/aromatic N) is 1. The van der Waals surface area contributed by atoms with Crippen LogP contribution in [0.3, 0.4) is 0 Å². The van der Waals surface area contributed by atoms with Gasteiger partial charge in [0.05, 0.1) is 12.1 Å². The molecule has 1 aliphatic carbocycles. The Morgan fingerprint density at radius 3 is 2.38 bits per heavy atom. The number of aliphatic hydroxyl groups excluding tert-OH is 1. The predicted octanol–water partition coefficient (Wildman–Crippen LogP) is 2.75. The zero-order valence-electron chi connectivity index (χ0n) is 13.7. The van der Waals surface area contributed by atoms with Crippen molar-refractivity contribution in [3.05, 3.63) is 35.9 Å². The highest BCUT2D eigenvalue weighted by Gasteiger charge is 2.35. The van der Waals surface area contributed by atoms with Gasteiger partial charge in [-0.1, -0.05) is 43.2 Å². The highest BCUT2D eigenvalue weighted by molar-refractivity contribution is 5.25. The van der Waals surface area contributed by atoms with E-state index in [-0.39, 0.29) is 12.1 Å². The summed E-state index contributed by atoms with van der Waals surface area (Å²) in [7, 11) is 2.20. The molecule has 0 amide bonds. The van der Waals surface area contributed by atoms with Crippen LogP contribution in [0.4, 0.5) is 0 Å². The average Bonchev–Trinajstić information content (AvgIpc) is 3.01. The minimum absolute atomic E-state index is 0.117. The lowest BCUT2D eigenvalue weighted by atomic mass is 9.88. The van der Waals surface area contributed by atoms with Crippen molar-refractivity contribution in [1.82, 2.24) is 10.2 Å². The first-order chi connectivity index (χ1) is 10.1. The summed E-state index contributed by atoms with van der Waals surface area (Å²) in [6.45, 7) is 5.24. The summed E-state index contributed by atoms with van der Waals surface area (Å²) < 4.78 is 0. The summed E-state index contributed by atoms with van der Waals surface area (Å²) in [5.41, 5.74) is 0.790. The Kier molecular flexibility index (Phi) is 5.80. The smallest absolute Gasteiger partial charge is 0.0799 e. The summed E-state index contributed by atoms with van der Waals surface area (Å²) in [4.78, 5) is 2.44. The number of likely N-dealkylation sites (N-methyl/N-ethyl adjacent to an activating group) is 1. The number of hydrogen-bond acceptors (Lipinski definition) is 3. The zero-order valence-corrected chi connectivity index (χ0v) is 13.7. The predicted molar refractivity (Wildman–Crippen MR) is 88.4 cm³/mol. The van der Waals surface area contributed by atoms with Crippen molar-refractivity contribution in [2.45, 2.75) is 57.2 Å². The summed E-state index contributed by atoms with van der Waals surface area (Å²) in [6, 6.07) is 11.4. The highest BCUT2D eigenvalue weighted by atomic mass is 16.3. The fraction of sp³-hybridized carbons (Fsp3) is 0.667. The van der Waals surface area contributed by atoms with Gasteiger partial charge in [-0.05, 0) is 39.3 Å². The van der Waals surface area contributed by atoms with Gasteiger partial charge < -0.3 is 15.3 Å². The van der Waals surface area contributed by atoms with Gasteiger partial charge in [0.1, 0.15) is 0 Å². The molecule has 1 fully saturated rings. The highest BCUT2D eigenvalue weighted by Crippen LogP contribution is 2.28. The third-order valence-electron chi connectivity index (χ3n) is 4.63. The van der Waals surface area contributed by atoms with Crippen molar-refractivity contribution in [2.24, 2.45) is 0 Å². The number of rotatable bonds is 7. The molecule has 2 rings (SSSR count). The molecule has 21 heavy (non-hydrogen) atoms. The maximum Gasteiger partial charge on any atom is 0.0799 e. The molecule has 0 spiro atoms. The van der Waals surface area contributed by atoms with Crippen LogP contribution in [0, 0.1) is 0 Å². The van der Waals surface area contributed by atoms with Crippen molar-refractivity contribution in [3.8, 4) is 0 Å². The van der Waals surface area contributed by atoms with E-state index in [2.05, 4.69) is 55.4 Å². The maximum absolute atomic E-state index is 10.2. The van der Waals surface area contributed by atoms with Crippen LogP contribution >= 0.6 is 0 Å². The summed E-state index contributed by atoms with van der Waals surface area (Å²) in [6.07, 6.45) is 5.25. The number of benzene rings is 1. The molecule has 3 nitrogen and oxygen atoms in total. The Morgan fingerprint density at radius 2 is 1.86 bits per heavy atom. The van der Waals surface area contributed by atoms with E-state index in [0.29, 0.717) is 12.1 Å². The molecule has 1 saturated carbocycles. The molecule has 0 bridgehead atoms. The molecule has 0 aromatic heterocycles. The normalized spacial score (nSPS) is 19.3. The average molecular weight is 290 g/mol. The molecule has 0 heterocycles. The Balaban J connectivity index is 2.21. The second kappa shape index (κ2) is 7.39. The third-order valence-corrected chi connectivity index (χ3v) is 4.63. The van der Waals surface area contributed by atoms with E-state index in [4.69, 9.17) is 0 Å². The van der Waals surface area contributed by atoms with Crippen LogP contribution in [-0.2, 0) is 5.54 Å². The van der Waals surface area contributed by atoms with Gasteiger partial charge in [-0.2, -0.15) is 0 Å². The van der Waals surface area contributed by atoms with E-state index >= 15 is 0 Å². The molecule has 1 atom stereocenters. The van der Waals surface area contributed by atoms with Gasteiger partial charge in [-0.25, -0.2) is 0 Å². The maximum atomic E-state index is 10.2. The monoisotopic (exact) mass is 290 g/mol. The lowest BCUT2D eigenvalue weighted by Gasteiger charge is -2.40. The van der Waals surface area contributed by atoms with Crippen molar-refractivity contribution in [3.63, 3.8) is 0 Å². The largest absolute Gasteiger partial charge is 0.394 e. The zero-order chi connectivity index (χ0) is 15.3. The van der Waals surface area contributed by atoms with E-state index in [1.165, 1.54) is 31.2 Å². The van der Waals surface area contributed by atoms with E-state index < -0.39 is 0 Å². The van der Waals surface area contributed by atoms with Crippen LogP contribution in [0.5, 0.6) is 0 Å². The topological polar surface area (TPSA) is 35.5 Å². The van der Waals surface area contributed by atoms with Gasteiger partial charge in [-0.15, -0.1) is 0 Å². The van der Waals surface area contributed by atoms with Crippen LogP contribution in [0.15, 0.2) is 30.3 Å². The minimum atomic E-state index is -0.382. The summed E-state index contributed by atoms with van der Waals surface area (Å²) in [5.74, 6) is 0. The van der Waals surface area contributed by atoms with Crippen LogP contribution in [0.25, 0.3) is 0 Å². The van der Waals surface area contributed by atoms with Crippen molar-refractivity contribution < 1.29 is 5.11 Å². The van der Waals surface area contributed by atoms with Gasteiger partial charge in [0.25, 0.3) is 0 Å². The van der Waals surface area contributed by atoms with Gasteiger partial charge in [-0.3, -0.25) is 0 Å². The first-order valence-corrected chi connectivity index (χ1v) is 8.22. The van der Waals surface area contributed by atoms with Gasteiger partial charge in [0.2, 0.25) is 0 Å². The molecule has 0 radical (unpaired) electrons. The molecule has 1 unspecified atom stereocenters. The molecule has 1 aliphatic rings. The Bertz CT molecular complexity index is 414. The fourth-order valence-corrected chi connectivity index (χ4v) is 3.62. The quantitative estimate of drug-likeness (QED) is 0.810. The molecule has 0 aliphatic heterocycles. The van der Waals surface area contributed by atoms with Crippen LogP contribution < -0.4 is 5.32 Å². The molecule has 1 aromatic rings. The third kappa shape index (κ3) is 4.06. The first kappa shape index (κ1) is 16.5. The van der Waals surface area contributed by atoms with E-state index in [0.717, 1.165) is 6.54 Å². The Labute approximate surface area is 129 Å². The van der Waals surface area contributed by atoms with Gasteiger partial charge in [0, 0.05) is 18.6 Å². The SMILES string of the molecule is CC(C)NC(CO)(CN(C)C1CCCC1)c1ccccc1. The van der Waals surface area contributed by atoms with E-state index in [9.17, 15) is 5.11 Å². The second-order valence-corrected chi connectivity index (χ2v) is 6.76. The summed E-state index contributed by atoms with van der Waals surface area (Å²) >= 11 is 0. The number of hydrogen-bond donors (Lipinski definition) is 2. The van der Waals surface area contributed by atoms with Crippen molar-refractivity contribution in [1.29, 1.82) is 0 Å². The van der Waals surface area contributed by atoms with E-state index in [1.807, 2.05) is 6.07 Å². The van der Waals surface area contributed by atoms with Crippen molar-refractivity contribution >= 4 is 0 Å². The lowest BCUT2D eigenvalue weighted by Crippen LogP contribution is -2.56. The molecule has 0 saturated heterocycles. The second-order valence-electron chi connectivity index (χ2n) is 6.76. The molecular formula is C18H30N2O. The summed E-state index contributed by atoms with van der Waals surface area (Å²) in [5, 5.41) is 13.8. The molecule has 3 heteroatoms. The number of aliphatic hydroxyl groups is 1. The van der Waals surface area contributed by atoms with Gasteiger partial charge >= 0.3 is 0 Å². The lowest BCUT2D eigenvalue weighted by molar-refractivity contribution is 0.0925. The molecular weight excluding hydrogens is 260 g/mol.